The van der Waals surface area contributed by atoms with E-state index in [1.165, 1.54) is 44.1 Å². The minimum Gasteiger partial charge on any atom is -0.491 e. The molecule has 1 saturated carbocycles. The summed E-state index contributed by atoms with van der Waals surface area (Å²) in [6, 6.07) is 6.63. The highest BCUT2D eigenvalue weighted by Crippen LogP contribution is 2.21. The van der Waals surface area contributed by atoms with Crippen molar-refractivity contribution in [3.8, 4) is 5.75 Å². The molecule has 0 aromatic heterocycles. The van der Waals surface area contributed by atoms with Crippen molar-refractivity contribution < 1.29 is 9.47 Å². The summed E-state index contributed by atoms with van der Waals surface area (Å²) in [5.41, 5.74) is 8.29. The van der Waals surface area contributed by atoms with Crippen molar-refractivity contribution in [1.82, 2.24) is 5.32 Å². The number of halogens is 1. The van der Waals surface area contributed by atoms with Gasteiger partial charge in [-0.05, 0) is 31.4 Å². The van der Waals surface area contributed by atoms with Crippen molar-refractivity contribution in [2.75, 3.05) is 20.3 Å². The van der Waals surface area contributed by atoms with Crippen LogP contribution in [0.2, 0.25) is 0 Å². The molecule has 0 unspecified atom stereocenters. The number of rotatable bonds is 7. The van der Waals surface area contributed by atoms with Gasteiger partial charge >= 0.3 is 0 Å². The van der Waals surface area contributed by atoms with Gasteiger partial charge in [0.05, 0.1) is 13.2 Å². The molecule has 142 valence electrons. The van der Waals surface area contributed by atoms with Crippen LogP contribution in [0.25, 0.3) is 0 Å². The van der Waals surface area contributed by atoms with Gasteiger partial charge < -0.3 is 20.5 Å². The van der Waals surface area contributed by atoms with Gasteiger partial charge in [-0.3, -0.25) is 0 Å². The number of nitrogens with zero attached hydrogens (tertiary/aromatic N) is 1. The maximum absolute atomic E-state index is 6.08. The Morgan fingerprint density at radius 1 is 1.20 bits per heavy atom. The third kappa shape index (κ3) is 8.27. The molecule has 1 fully saturated rings. The fraction of sp³-hybridized carbons (Fsp3) is 0.632. The van der Waals surface area contributed by atoms with Crippen molar-refractivity contribution in [3.63, 3.8) is 0 Å². The number of nitrogens with two attached hydrogens (primary N) is 1. The van der Waals surface area contributed by atoms with Gasteiger partial charge in [-0.25, -0.2) is 4.99 Å². The summed E-state index contributed by atoms with van der Waals surface area (Å²) >= 11 is 0. The van der Waals surface area contributed by atoms with Crippen LogP contribution in [0.3, 0.4) is 0 Å². The van der Waals surface area contributed by atoms with Gasteiger partial charge in [-0.1, -0.05) is 37.8 Å². The number of ether oxygens (including phenoxy) is 2. The summed E-state index contributed by atoms with van der Waals surface area (Å²) in [6.45, 7) is 3.68. The number of guanidine groups is 1. The predicted molar refractivity (Wildman–Crippen MR) is 114 cm³/mol. The van der Waals surface area contributed by atoms with E-state index < -0.39 is 0 Å². The van der Waals surface area contributed by atoms with Crippen molar-refractivity contribution in [1.29, 1.82) is 0 Å². The molecule has 6 heteroatoms. The van der Waals surface area contributed by atoms with Crippen LogP contribution in [0.4, 0.5) is 0 Å². The summed E-state index contributed by atoms with van der Waals surface area (Å²) in [7, 11) is 1.67. The quantitative estimate of drug-likeness (QED) is 0.213. The zero-order chi connectivity index (χ0) is 17.2. The van der Waals surface area contributed by atoms with E-state index in [0.717, 1.165) is 11.3 Å². The van der Waals surface area contributed by atoms with Gasteiger partial charge in [0.25, 0.3) is 0 Å². The lowest BCUT2D eigenvalue weighted by Crippen LogP contribution is -2.39. The number of aryl methyl sites for hydroxylation is 1. The van der Waals surface area contributed by atoms with E-state index in [1.807, 2.05) is 6.07 Å². The van der Waals surface area contributed by atoms with Gasteiger partial charge in [0.1, 0.15) is 12.4 Å². The second kappa shape index (κ2) is 12.4. The number of methoxy groups -OCH3 is 1. The smallest absolute Gasteiger partial charge is 0.189 e. The molecule has 0 saturated heterocycles. The zero-order valence-corrected chi connectivity index (χ0v) is 17.8. The Morgan fingerprint density at radius 2 is 1.92 bits per heavy atom. The predicted octanol–water partition coefficient (Wildman–Crippen LogP) is 3.77. The molecule has 25 heavy (non-hydrogen) atoms. The first-order valence-electron chi connectivity index (χ1n) is 8.96. The van der Waals surface area contributed by atoms with Crippen molar-refractivity contribution >= 4 is 29.9 Å². The first-order chi connectivity index (χ1) is 11.7. The molecular weight excluding hydrogens is 429 g/mol. The van der Waals surface area contributed by atoms with Crippen molar-refractivity contribution in [2.24, 2.45) is 10.7 Å². The Labute approximate surface area is 168 Å². The number of aliphatic imine (C=N–C) groups is 1. The Kier molecular flexibility index (Phi) is 10.9. The number of nitrogens with one attached hydrogen (secondary N) is 1. The molecule has 0 radical (unpaired) electrons. The molecule has 5 nitrogen and oxygen atoms in total. The topological polar surface area (TPSA) is 68.9 Å². The number of benzene rings is 1. The minimum atomic E-state index is 0. The third-order valence-corrected chi connectivity index (χ3v) is 4.39. The Balaban J connectivity index is 0.00000312. The second-order valence-electron chi connectivity index (χ2n) is 6.49. The largest absolute Gasteiger partial charge is 0.491 e. The molecule has 1 aromatic carbocycles. The molecule has 1 aliphatic carbocycles. The maximum Gasteiger partial charge on any atom is 0.189 e. The molecule has 0 bridgehead atoms. The maximum atomic E-state index is 6.08. The molecule has 0 atom stereocenters. The number of hydrogen-bond donors (Lipinski definition) is 2. The zero-order valence-electron chi connectivity index (χ0n) is 15.4. The van der Waals surface area contributed by atoms with Gasteiger partial charge in [0, 0.05) is 18.7 Å². The first-order valence-corrected chi connectivity index (χ1v) is 8.96. The fourth-order valence-corrected chi connectivity index (χ4v) is 3.01. The highest BCUT2D eigenvalue weighted by Gasteiger charge is 2.12. The number of hydrogen-bond acceptors (Lipinski definition) is 3. The Bertz CT molecular complexity index is 529. The molecule has 3 N–H and O–H groups in total. The van der Waals surface area contributed by atoms with E-state index in [9.17, 15) is 0 Å². The normalized spacial score (nSPS) is 16.0. The molecule has 0 heterocycles. The third-order valence-electron chi connectivity index (χ3n) is 4.39. The fourth-order valence-electron chi connectivity index (χ4n) is 3.01. The SMILES string of the molecule is COCCOc1cc(C)ccc1CN=C(N)NC1CCCCCC1.I. The van der Waals surface area contributed by atoms with Crippen molar-refractivity contribution in [3.05, 3.63) is 29.3 Å². The molecule has 0 amide bonds. The Hall–Kier alpha value is -1.02. The molecule has 2 rings (SSSR count). The van der Waals surface area contributed by atoms with E-state index in [1.54, 1.807) is 7.11 Å². The standard InChI is InChI=1S/C19H31N3O2.HI/c1-15-9-10-16(18(13-15)24-12-11-23-2)14-21-19(20)22-17-7-5-3-4-6-8-17;/h9-10,13,17H,3-8,11-12,14H2,1-2H3,(H3,20,21,22);1H. The van der Waals surface area contributed by atoms with Crippen LogP contribution in [0, 0.1) is 6.92 Å². The van der Waals surface area contributed by atoms with Crippen LogP contribution in [0.5, 0.6) is 5.75 Å². The summed E-state index contributed by atoms with van der Waals surface area (Å²) in [4.78, 5) is 4.51. The molecule has 1 aromatic rings. The van der Waals surface area contributed by atoms with Gasteiger partial charge in [0.15, 0.2) is 5.96 Å². The van der Waals surface area contributed by atoms with E-state index in [2.05, 4.69) is 29.4 Å². The summed E-state index contributed by atoms with van der Waals surface area (Å²) < 4.78 is 10.8. The average Bonchev–Trinajstić information content (AvgIpc) is 2.83. The molecule has 0 spiro atoms. The monoisotopic (exact) mass is 461 g/mol. The summed E-state index contributed by atoms with van der Waals surface area (Å²) in [5, 5.41) is 3.38. The van der Waals surface area contributed by atoms with Crippen LogP contribution in [-0.4, -0.2) is 32.3 Å². The highest BCUT2D eigenvalue weighted by molar-refractivity contribution is 14.0. The second-order valence-corrected chi connectivity index (χ2v) is 6.49. The van der Waals surface area contributed by atoms with Crippen LogP contribution >= 0.6 is 24.0 Å². The lowest BCUT2D eigenvalue weighted by atomic mass is 10.1. The van der Waals surface area contributed by atoms with Crippen LogP contribution in [0.15, 0.2) is 23.2 Å². The van der Waals surface area contributed by atoms with Gasteiger partial charge in [-0.2, -0.15) is 0 Å². The van der Waals surface area contributed by atoms with Crippen LogP contribution in [0.1, 0.15) is 49.7 Å². The summed E-state index contributed by atoms with van der Waals surface area (Å²) in [5.74, 6) is 1.39. The van der Waals surface area contributed by atoms with Crippen molar-refractivity contribution in [2.45, 2.75) is 58.0 Å². The lowest BCUT2D eigenvalue weighted by Gasteiger charge is -2.17. The van der Waals surface area contributed by atoms with Crippen LogP contribution in [-0.2, 0) is 11.3 Å². The van der Waals surface area contributed by atoms with Gasteiger partial charge in [-0.15, -0.1) is 24.0 Å². The molecule has 1 aliphatic rings. The summed E-state index contributed by atoms with van der Waals surface area (Å²) in [6.07, 6.45) is 7.60. The molecule has 0 aliphatic heterocycles. The van der Waals surface area contributed by atoms with E-state index in [0.29, 0.717) is 31.8 Å². The van der Waals surface area contributed by atoms with E-state index in [4.69, 9.17) is 15.2 Å². The first kappa shape index (κ1) is 22.0. The van der Waals surface area contributed by atoms with E-state index in [-0.39, 0.29) is 24.0 Å². The highest BCUT2D eigenvalue weighted by atomic mass is 127. The molecular formula is C19H32IN3O2. The van der Waals surface area contributed by atoms with Crippen LogP contribution < -0.4 is 15.8 Å². The lowest BCUT2D eigenvalue weighted by molar-refractivity contribution is 0.146. The van der Waals surface area contributed by atoms with E-state index >= 15 is 0 Å². The van der Waals surface area contributed by atoms with Gasteiger partial charge in [0.2, 0.25) is 0 Å². The average molecular weight is 461 g/mol. The minimum absolute atomic E-state index is 0. The Morgan fingerprint density at radius 3 is 2.60 bits per heavy atom.